The third kappa shape index (κ3) is 6.69. The van der Waals surface area contributed by atoms with E-state index in [2.05, 4.69) is 10.0 Å². The number of hydrogen-bond donors (Lipinski definition) is 2. The average Bonchev–Trinajstić information content (AvgIpc) is 2.64. The van der Waals surface area contributed by atoms with Crippen molar-refractivity contribution in [3.63, 3.8) is 0 Å². The fourth-order valence-corrected chi connectivity index (χ4v) is 4.33. The number of carbonyl (C=O) groups excluding carboxylic acids is 1. The SMILES string of the molecule is CSCCC(NS(=O)(=O)c1ccc(Cl)cc1)C(=O)NCc1ccccc1Cl. The summed E-state index contributed by atoms with van der Waals surface area (Å²) < 4.78 is 27.7. The summed E-state index contributed by atoms with van der Waals surface area (Å²) in [6, 6.07) is 12.1. The lowest BCUT2D eigenvalue weighted by molar-refractivity contribution is -0.122. The van der Waals surface area contributed by atoms with Crippen LogP contribution in [0.25, 0.3) is 0 Å². The first kappa shape index (κ1) is 22.0. The summed E-state index contributed by atoms with van der Waals surface area (Å²) in [5.74, 6) is 0.231. The molecule has 1 unspecified atom stereocenters. The number of carbonyl (C=O) groups is 1. The van der Waals surface area contributed by atoms with Crippen LogP contribution in [0.1, 0.15) is 12.0 Å². The molecule has 1 atom stereocenters. The third-order valence-electron chi connectivity index (χ3n) is 3.76. The minimum atomic E-state index is -3.85. The first-order valence-corrected chi connectivity index (χ1v) is 11.7. The zero-order valence-corrected chi connectivity index (χ0v) is 17.8. The fraction of sp³-hybridized carbons (Fsp3) is 0.278. The molecule has 2 rings (SSSR count). The summed E-state index contributed by atoms with van der Waals surface area (Å²) in [5, 5.41) is 3.73. The van der Waals surface area contributed by atoms with E-state index in [1.807, 2.05) is 12.3 Å². The lowest BCUT2D eigenvalue weighted by atomic mass is 10.2. The van der Waals surface area contributed by atoms with Gasteiger partial charge in [0.2, 0.25) is 15.9 Å². The van der Waals surface area contributed by atoms with Gasteiger partial charge in [0.1, 0.15) is 6.04 Å². The van der Waals surface area contributed by atoms with Crippen molar-refractivity contribution >= 4 is 50.9 Å². The van der Waals surface area contributed by atoms with E-state index in [-0.39, 0.29) is 11.4 Å². The lowest BCUT2D eigenvalue weighted by Crippen LogP contribution is -2.46. The van der Waals surface area contributed by atoms with Crippen LogP contribution in [0.3, 0.4) is 0 Å². The van der Waals surface area contributed by atoms with E-state index in [0.29, 0.717) is 22.2 Å². The van der Waals surface area contributed by atoms with Crippen LogP contribution >= 0.6 is 35.0 Å². The maximum Gasteiger partial charge on any atom is 0.241 e. The second-order valence-electron chi connectivity index (χ2n) is 5.72. The van der Waals surface area contributed by atoms with E-state index in [9.17, 15) is 13.2 Å². The molecule has 2 aromatic carbocycles. The van der Waals surface area contributed by atoms with Gasteiger partial charge in [-0.3, -0.25) is 4.79 Å². The molecule has 27 heavy (non-hydrogen) atoms. The van der Waals surface area contributed by atoms with Crippen molar-refractivity contribution in [3.8, 4) is 0 Å². The van der Waals surface area contributed by atoms with E-state index in [0.717, 1.165) is 5.56 Å². The Morgan fingerprint density at radius 3 is 2.41 bits per heavy atom. The van der Waals surface area contributed by atoms with Crippen molar-refractivity contribution in [2.24, 2.45) is 0 Å². The molecule has 5 nitrogen and oxygen atoms in total. The van der Waals surface area contributed by atoms with E-state index in [4.69, 9.17) is 23.2 Å². The molecule has 9 heteroatoms. The molecule has 0 spiro atoms. The van der Waals surface area contributed by atoms with Crippen molar-refractivity contribution < 1.29 is 13.2 Å². The maximum atomic E-state index is 12.6. The third-order valence-corrected chi connectivity index (χ3v) is 6.51. The van der Waals surface area contributed by atoms with Crippen molar-refractivity contribution in [1.29, 1.82) is 0 Å². The Balaban J connectivity index is 2.10. The zero-order valence-electron chi connectivity index (χ0n) is 14.6. The van der Waals surface area contributed by atoms with Gasteiger partial charge in [0, 0.05) is 16.6 Å². The Morgan fingerprint density at radius 2 is 1.78 bits per heavy atom. The van der Waals surface area contributed by atoms with Gasteiger partial charge >= 0.3 is 0 Å². The van der Waals surface area contributed by atoms with Gasteiger partial charge in [-0.05, 0) is 54.3 Å². The van der Waals surface area contributed by atoms with E-state index in [1.54, 1.807) is 18.2 Å². The molecule has 0 saturated carbocycles. The molecule has 0 aromatic heterocycles. The van der Waals surface area contributed by atoms with Gasteiger partial charge in [-0.1, -0.05) is 41.4 Å². The summed E-state index contributed by atoms with van der Waals surface area (Å²) in [6.45, 7) is 0.219. The molecule has 0 bridgehead atoms. The number of hydrogen-bond acceptors (Lipinski definition) is 4. The van der Waals surface area contributed by atoms with Crippen LogP contribution in [0.15, 0.2) is 53.4 Å². The van der Waals surface area contributed by atoms with Crippen LogP contribution in [0, 0.1) is 0 Å². The molecule has 0 fully saturated rings. The Kier molecular flexibility index (Phi) is 8.44. The van der Waals surface area contributed by atoms with Gasteiger partial charge in [0.05, 0.1) is 4.90 Å². The Hall–Kier alpha value is -1.25. The highest BCUT2D eigenvalue weighted by molar-refractivity contribution is 7.98. The number of rotatable bonds is 9. The molecule has 0 aliphatic rings. The predicted molar refractivity (Wildman–Crippen MR) is 112 cm³/mol. The standard InChI is InChI=1S/C18H20Cl2N2O3S2/c1-26-11-10-17(18(23)21-12-13-4-2-3-5-16(13)20)22-27(24,25)15-8-6-14(19)7-9-15/h2-9,17,22H,10-12H2,1H3,(H,21,23). The topological polar surface area (TPSA) is 75.3 Å². The minimum Gasteiger partial charge on any atom is -0.351 e. The molecular weight excluding hydrogens is 427 g/mol. The van der Waals surface area contributed by atoms with Crippen LogP contribution in [0.4, 0.5) is 0 Å². The van der Waals surface area contributed by atoms with Crippen LogP contribution < -0.4 is 10.0 Å². The first-order valence-electron chi connectivity index (χ1n) is 8.11. The highest BCUT2D eigenvalue weighted by atomic mass is 35.5. The second kappa shape index (κ2) is 10.3. The molecule has 1 amide bonds. The molecule has 0 heterocycles. The van der Waals surface area contributed by atoms with E-state index < -0.39 is 22.0 Å². The van der Waals surface area contributed by atoms with E-state index in [1.165, 1.54) is 36.0 Å². The molecule has 0 aliphatic heterocycles. The van der Waals surface area contributed by atoms with Crippen LogP contribution in [0.5, 0.6) is 0 Å². The molecule has 0 saturated heterocycles. The Morgan fingerprint density at radius 1 is 1.11 bits per heavy atom. The Labute approximate surface area is 173 Å². The van der Waals surface area contributed by atoms with Crippen LogP contribution in [0.2, 0.25) is 10.0 Å². The van der Waals surface area contributed by atoms with Gasteiger partial charge in [-0.2, -0.15) is 16.5 Å². The molecular formula is C18H20Cl2N2O3S2. The number of nitrogens with one attached hydrogen (secondary N) is 2. The van der Waals surface area contributed by atoms with Crippen molar-refractivity contribution in [2.75, 3.05) is 12.0 Å². The van der Waals surface area contributed by atoms with Crippen molar-refractivity contribution in [1.82, 2.24) is 10.0 Å². The van der Waals surface area contributed by atoms with Crippen molar-refractivity contribution in [3.05, 3.63) is 64.1 Å². The number of thioether (sulfide) groups is 1. The number of halogens is 2. The normalized spacial score (nSPS) is 12.6. The van der Waals surface area contributed by atoms with Gasteiger partial charge in [-0.15, -0.1) is 0 Å². The summed E-state index contributed by atoms with van der Waals surface area (Å²) >= 11 is 13.4. The lowest BCUT2D eigenvalue weighted by Gasteiger charge is -2.18. The molecule has 146 valence electrons. The van der Waals surface area contributed by atoms with Gasteiger partial charge in [0.15, 0.2) is 0 Å². The average molecular weight is 447 g/mol. The number of sulfonamides is 1. The predicted octanol–water partition coefficient (Wildman–Crippen LogP) is 3.71. The number of amides is 1. The zero-order chi connectivity index (χ0) is 19.9. The number of benzene rings is 2. The fourth-order valence-electron chi connectivity index (χ4n) is 2.30. The van der Waals surface area contributed by atoms with Crippen LogP contribution in [-0.2, 0) is 21.4 Å². The van der Waals surface area contributed by atoms with Gasteiger partial charge in [0.25, 0.3) is 0 Å². The van der Waals surface area contributed by atoms with Crippen LogP contribution in [-0.4, -0.2) is 32.4 Å². The molecule has 2 aromatic rings. The highest BCUT2D eigenvalue weighted by Gasteiger charge is 2.25. The Bertz CT molecular complexity index is 874. The smallest absolute Gasteiger partial charge is 0.241 e. The molecule has 2 N–H and O–H groups in total. The summed E-state index contributed by atoms with van der Waals surface area (Å²) in [4.78, 5) is 12.6. The largest absolute Gasteiger partial charge is 0.351 e. The summed E-state index contributed by atoms with van der Waals surface area (Å²) in [7, 11) is -3.85. The maximum absolute atomic E-state index is 12.6. The highest BCUT2D eigenvalue weighted by Crippen LogP contribution is 2.16. The minimum absolute atomic E-state index is 0.0555. The van der Waals surface area contributed by atoms with Gasteiger partial charge < -0.3 is 5.32 Å². The monoisotopic (exact) mass is 446 g/mol. The molecule has 0 aliphatic carbocycles. The second-order valence-corrected chi connectivity index (χ2v) is 9.26. The quantitative estimate of drug-likeness (QED) is 0.615. The van der Waals surface area contributed by atoms with Gasteiger partial charge in [-0.25, -0.2) is 8.42 Å². The van der Waals surface area contributed by atoms with E-state index >= 15 is 0 Å². The summed E-state index contributed by atoms with van der Waals surface area (Å²) in [5.41, 5.74) is 0.761. The summed E-state index contributed by atoms with van der Waals surface area (Å²) in [6.07, 6.45) is 2.26. The molecule has 0 radical (unpaired) electrons. The first-order chi connectivity index (χ1) is 12.8. The van der Waals surface area contributed by atoms with Crippen molar-refractivity contribution in [2.45, 2.75) is 23.9 Å².